The van der Waals surface area contributed by atoms with Crippen molar-refractivity contribution in [2.75, 3.05) is 12.3 Å². The molecule has 10 heteroatoms. The van der Waals surface area contributed by atoms with E-state index >= 15 is 0 Å². The second-order valence-electron chi connectivity index (χ2n) is 3.85. The van der Waals surface area contributed by atoms with E-state index in [-0.39, 0.29) is 11.3 Å². The molecule has 5 nitrogen and oxygen atoms in total. The zero-order chi connectivity index (χ0) is 15.6. The van der Waals surface area contributed by atoms with Crippen molar-refractivity contribution in [3.8, 4) is 0 Å². The molecule has 0 unspecified atom stereocenters. The Morgan fingerprint density at radius 2 is 1.85 bits per heavy atom. The number of hydrogen-bond donors (Lipinski definition) is 1. The average Bonchev–Trinajstić information content (AvgIpc) is 2.29. The molecule has 0 saturated heterocycles. The van der Waals surface area contributed by atoms with Crippen LogP contribution in [0, 0.1) is 10.1 Å². The lowest BCUT2D eigenvalue weighted by Crippen LogP contribution is -2.40. The van der Waals surface area contributed by atoms with Crippen molar-refractivity contribution in [1.82, 2.24) is 0 Å². The molecule has 0 bridgehead atoms. The Bertz CT molecular complexity index is 504. The molecule has 0 radical (unpaired) electrons. The van der Waals surface area contributed by atoms with E-state index in [1.54, 1.807) is 0 Å². The van der Waals surface area contributed by atoms with Crippen molar-refractivity contribution in [3.05, 3.63) is 33.9 Å². The van der Waals surface area contributed by atoms with Crippen molar-refractivity contribution < 1.29 is 31.6 Å². The number of nitrogens with two attached hydrogens (primary N) is 1. The summed E-state index contributed by atoms with van der Waals surface area (Å²) in [5, 5.41) is 10.6. The Morgan fingerprint density at radius 3 is 2.35 bits per heavy atom. The number of halogens is 5. The highest BCUT2D eigenvalue weighted by atomic mass is 19.4. The van der Waals surface area contributed by atoms with Gasteiger partial charge >= 0.3 is 12.1 Å². The second kappa shape index (κ2) is 5.57. The van der Waals surface area contributed by atoms with E-state index < -0.39 is 35.9 Å². The van der Waals surface area contributed by atoms with Crippen molar-refractivity contribution in [2.24, 2.45) is 0 Å². The zero-order valence-corrected chi connectivity index (χ0v) is 9.79. The van der Waals surface area contributed by atoms with E-state index in [0.717, 1.165) is 12.1 Å². The number of anilines is 1. The van der Waals surface area contributed by atoms with Crippen LogP contribution in [-0.2, 0) is 11.3 Å². The Kier molecular flexibility index (Phi) is 4.48. The van der Waals surface area contributed by atoms with Crippen molar-refractivity contribution in [3.63, 3.8) is 0 Å². The van der Waals surface area contributed by atoms with Crippen LogP contribution in [0.2, 0.25) is 0 Å². The summed E-state index contributed by atoms with van der Waals surface area (Å²) >= 11 is 0. The summed E-state index contributed by atoms with van der Waals surface area (Å²) < 4.78 is 64.8. The fourth-order valence-electron chi connectivity index (χ4n) is 1.22. The first-order chi connectivity index (χ1) is 9.04. The number of ether oxygens (including phenoxy) is 1. The van der Waals surface area contributed by atoms with Gasteiger partial charge in [0.1, 0.15) is 12.3 Å². The number of nitrogen functional groups attached to an aromatic ring is 1. The van der Waals surface area contributed by atoms with E-state index in [1.807, 2.05) is 0 Å². The minimum atomic E-state index is -5.71. The van der Waals surface area contributed by atoms with Gasteiger partial charge < -0.3 is 10.5 Å². The molecule has 0 heterocycles. The van der Waals surface area contributed by atoms with E-state index in [1.165, 1.54) is 6.07 Å². The van der Waals surface area contributed by atoms with Gasteiger partial charge in [-0.3, -0.25) is 10.1 Å². The zero-order valence-electron chi connectivity index (χ0n) is 9.79. The van der Waals surface area contributed by atoms with Gasteiger partial charge in [-0.15, -0.1) is 0 Å². The van der Waals surface area contributed by atoms with Crippen LogP contribution in [0.4, 0.5) is 33.3 Å². The van der Waals surface area contributed by atoms with E-state index in [9.17, 15) is 32.1 Å². The van der Waals surface area contributed by atoms with Crippen LogP contribution in [0.5, 0.6) is 0 Å². The normalized spacial score (nSPS) is 12.4. The fourth-order valence-corrected chi connectivity index (χ4v) is 1.22. The van der Waals surface area contributed by atoms with Crippen molar-refractivity contribution >= 4 is 11.4 Å². The van der Waals surface area contributed by atoms with Gasteiger partial charge in [0.15, 0.2) is 0 Å². The lowest BCUT2D eigenvalue weighted by atomic mass is 10.2. The molecule has 1 aromatic carbocycles. The molecule has 1 rings (SSSR count). The van der Waals surface area contributed by atoms with E-state index in [4.69, 9.17) is 5.73 Å². The minimum Gasteiger partial charge on any atom is -0.393 e. The van der Waals surface area contributed by atoms with Gasteiger partial charge in [0.05, 0.1) is 11.5 Å². The molecule has 112 valence electrons. The number of alkyl halides is 5. The van der Waals surface area contributed by atoms with Gasteiger partial charge in [-0.1, -0.05) is 6.07 Å². The molecule has 0 aliphatic heterocycles. The molecule has 0 fully saturated rings. The third-order valence-electron chi connectivity index (χ3n) is 2.26. The van der Waals surface area contributed by atoms with Crippen LogP contribution < -0.4 is 5.73 Å². The molecule has 2 N–H and O–H groups in total. The first kappa shape index (κ1) is 16.1. The molecule has 20 heavy (non-hydrogen) atoms. The van der Waals surface area contributed by atoms with Crippen LogP contribution >= 0.6 is 0 Å². The largest absolute Gasteiger partial charge is 0.455 e. The standard InChI is InChI=1S/C10H9F5N2O3/c11-9(12,10(13,14)15)5-20-4-6-1-2-7(16)8(3-6)17(18)19/h1-3H,4-5,16H2. The van der Waals surface area contributed by atoms with Gasteiger partial charge in [-0.2, -0.15) is 22.0 Å². The quantitative estimate of drug-likeness (QED) is 0.392. The second-order valence-corrected chi connectivity index (χ2v) is 3.85. The molecule has 0 aliphatic rings. The maximum absolute atomic E-state index is 12.5. The number of nitro benzene ring substituents is 1. The van der Waals surface area contributed by atoms with E-state index in [2.05, 4.69) is 4.74 Å². The maximum atomic E-state index is 12.5. The number of rotatable bonds is 5. The first-order valence-corrected chi connectivity index (χ1v) is 5.09. The smallest absolute Gasteiger partial charge is 0.393 e. The molecule has 0 aliphatic carbocycles. The molecule has 0 amide bonds. The SMILES string of the molecule is Nc1ccc(COCC(F)(F)C(F)(F)F)cc1[N+](=O)[O-]. The highest BCUT2D eigenvalue weighted by Gasteiger charge is 2.57. The summed E-state index contributed by atoms with van der Waals surface area (Å²) in [6, 6.07) is 3.31. The molecule has 0 spiro atoms. The van der Waals surface area contributed by atoms with Gasteiger partial charge in [0.25, 0.3) is 5.69 Å². The number of nitrogens with zero attached hydrogens (tertiary/aromatic N) is 1. The third kappa shape index (κ3) is 3.76. The highest BCUT2D eigenvalue weighted by molar-refractivity contribution is 5.59. The molecule has 1 aromatic rings. The summed E-state index contributed by atoms with van der Waals surface area (Å²) in [5.41, 5.74) is 4.72. The Labute approximate surface area is 109 Å². The van der Waals surface area contributed by atoms with E-state index in [0.29, 0.717) is 0 Å². The third-order valence-corrected chi connectivity index (χ3v) is 2.26. The molecule has 0 aromatic heterocycles. The average molecular weight is 300 g/mol. The summed E-state index contributed by atoms with van der Waals surface area (Å²) in [5.74, 6) is -4.98. The summed E-state index contributed by atoms with van der Waals surface area (Å²) in [4.78, 5) is 9.75. The van der Waals surface area contributed by atoms with Gasteiger partial charge in [-0.25, -0.2) is 0 Å². The maximum Gasteiger partial charge on any atom is 0.455 e. The molecule has 0 saturated carbocycles. The monoisotopic (exact) mass is 300 g/mol. The number of nitro groups is 1. The Hall–Kier alpha value is -1.97. The van der Waals surface area contributed by atoms with Crippen LogP contribution in [0.3, 0.4) is 0 Å². The highest BCUT2D eigenvalue weighted by Crippen LogP contribution is 2.35. The summed E-state index contributed by atoms with van der Waals surface area (Å²) in [7, 11) is 0. The van der Waals surface area contributed by atoms with Crippen LogP contribution in [-0.4, -0.2) is 23.6 Å². The van der Waals surface area contributed by atoms with Gasteiger partial charge in [0, 0.05) is 6.07 Å². The van der Waals surface area contributed by atoms with Crippen molar-refractivity contribution in [1.29, 1.82) is 0 Å². The Morgan fingerprint density at radius 1 is 1.25 bits per heavy atom. The lowest BCUT2D eigenvalue weighted by Gasteiger charge is -2.19. The molecular weight excluding hydrogens is 291 g/mol. The summed E-state index contributed by atoms with van der Waals surface area (Å²) in [6.07, 6.45) is -5.71. The predicted molar refractivity (Wildman–Crippen MR) is 58.2 cm³/mol. The van der Waals surface area contributed by atoms with Crippen LogP contribution in [0.1, 0.15) is 5.56 Å². The Balaban J connectivity index is 2.68. The summed E-state index contributed by atoms with van der Waals surface area (Å²) in [6.45, 7) is -2.50. The van der Waals surface area contributed by atoms with Crippen molar-refractivity contribution in [2.45, 2.75) is 18.7 Å². The molecule has 0 atom stereocenters. The lowest BCUT2D eigenvalue weighted by molar-refractivity contribution is -0.384. The van der Waals surface area contributed by atoms with Gasteiger partial charge in [0.2, 0.25) is 0 Å². The topological polar surface area (TPSA) is 78.4 Å². The first-order valence-electron chi connectivity index (χ1n) is 5.09. The predicted octanol–water partition coefficient (Wildman–Crippen LogP) is 2.89. The minimum absolute atomic E-state index is 0.0591. The fraction of sp³-hybridized carbons (Fsp3) is 0.400. The number of benzene rings is 1. The number of hydrogen-bond acceptors (Lipinski definition) is 4. The van der Waals surface area contributed by atoms with Crippen LogP contribution in [0.15, 0.2) is 18.2 Å². The van der Waals surface area contributed by atoms with Crippen LogP contribution in [0.25, 0.3) is 0 Å². The molecular formula is C10H9F5N2O3. The van der Waals surface area contributed by atoms with Gasteiger partial charge in [-0.05, 0) is 11.6 Å².